The van der Waals surface area contributed by atoms with Crippen LogP contribution in [0.15, 0.2) is 0 Å². The molecule has 60 valence electrons. The number of rotatable bonds is 1. The van der Waals surface area contributed by atoms with Gasteiger partial charge >= 0.3 is 0 Å². The molecule has 0 aromatic rings. The molecule has 1 saturated heterocycles. The van der Waals surface area contributed by atoms with Gasteiger partial charge in [-0.1, -0.05) is 6.42 Å². The Balaban J connectivity index is 2.54. The summed E-state index contributed by atoms with van der Waals surface area (Å²) in [6, 6.07) is 0. The molecule has 0 saturated carbocycles. The molecule has 1 unspecified atom stereocenters. The largest absolute Gasteiger partial charge is 0.394 e. The van der Waals surface area contributed by atoms with Gasteiger partial charge in [0.15, 0.2) is 0 Å². The van der Waals surface area contributed by atoms with Crippen molar-refractivity contribution in [2.75, 3.05) is 20.2 Å². The maximum Gasteiger partial charge on any atom is 0.0612 e. The number of aliphatic hydroxyl groups excluding tert-OH is 1. The molecule has 0 aliphatic carbocycles. The highest BCUT2D eigenvalue weighted by Gasteiger charge is 2.30. The first kappa shape index (κ1) is 8.02. The summed E-state index contributed by atoms with van der Waals surface area (Å²) in [5.41, 5.74) is 0.0677. The summed E-state index contributed by atoms with van der Waals surface area (Å²) in [4.78, 5) is 2.26. The Kier molecular flexibility index (Phi) is 2.32. The lowest BCUT2D eigenvalue weighted by atomic mass is 9.90. The van der Waals surface area contributed by atoms with Crippen LogP contribution >= 0.6 is 0 Å². The van der Waals surface area contributed by atoms with Crippen LogP contribution in [0.3, 0.4) is 0 Å². The average molecular weight is 143 g/mol. The first-order valence-electron chi connectivity index (χ1n) is 4.01. The van der Waals surface area contributed by atoms with Crippen LogP contribution in [-0.2, 0) is 0 Å². The normalized spacial score (nSPS) is 36.3. The highest BCUT2D eigenvalue weighted by atomic mass is 16.3. The van der Waals surface area contributed by atoms with Gasteiger partial charge in [-0.2, -0.15) is 0 Å². The highest BCUT2D eigenvalue weighted by molar-refractivity contribution is 4.86. The van der Waals surface area contributed by atoms with E-state index in [-0.39, 0.29) is 5.54 Å². The molecule has 0 radical (unpaired) electrons. The number of aliphatic hydroxyl groups is 1. The first-order chi connectivity index (χ1) is 4.69. The molecule has 1 N–H and O–H groups in total. The quantitative estimate of drug-likeness (QED) is 0.588. The molecule has 2 heteroatoms. The minimum absolute atomic E-state index is 0.0677. The Morgan fingerprint density at radius 2 is 2.20 bits per heavy atom. The summed E-state index contributed by atoms with van der Waals surface area (Å²) in [6.45, 7) is 3.56. The van der Waals surface area contributed by atoms with Crippen molar-refractivity contribution in [3.05, 3.63) is 0 Å². The summed E-state index contributed by atoms with van der Waals surface area (Å²) in [6.07, 6.45) is 3.69. The molecule has 0 amide bonds. The molecule has 1 heterocycles. The summed E-state index contributed by atoms with van der Waals surface area (Å²) in [5.74, 6) is 0. The van der Waals surface area contributed by atoms with E-state index in [1.54, 1.807) is 0 Å². The summed E-state index contributed by atoms with van der Waals surface area (Å²) < 4.78 is 0. The van der Waals surface area contributed by atoms with Crippen LogP contribution in [0.25, 0.3) is 0 Å². The predicted molar refractivity (Wildman–Crippen MR) is 42.0 cm³/mol. The highest BCUT2D eigenvalue weighted by Crippen LogP contribution is 2.25. The van der Waals surface area contributed by atoms with Gasteiger partial charge in [0.2, 0.25) is 0 Å². The monoisotopic (exact) mass is 143 g/mol. The van der Waals surface area contributed by atoms with Crippen LogP contribution in [0.5, 0.6) is 0 Å². The zero-order valence-electron chi connectivity index (χ0n) is 6.93. The van der Waals surface area contributed by atoms with Crippen LogP contribution < -0.4 is 0 Å². The molecule has 10 heavy (non-hydrogen) atoms. The van der Waals surface area contributed by atoms with E-state index in [4.69, 9.17) is 5.11 Å². The fraction of sp³-hybridized carbons (Fsp3) is 1.00. The minimum Gasteiger partial charge on any atom is -0.394 e. The van der Waals surface area contributed by atoms with Crippen LogP contribution in [0.2, 0.25) is 0 Å². The van der Waals surface area contributed by atoms with Crippen molar-refractivity contribution in [3.8, 4) is 0 Å². The molecule has 2 nitrogen and oxygen atoms in total. The summed E-state index contributed by atoms with van der Waals surface area (Å²) in [7, 11) is 2.09. The van der Waals surface area contributed by atoms with Gasteiger partial charge in [-0.25, -0.2) is 0 Å². The zero-order valence-corrected chi connectivity index (χ0v) is 6.93. The van der Waals surface area contributed by atoms with Crippen molar-refractivity contribution < 1.29 is 5.11 Å². The van der Waals surface area contributed by atoms with E-state index in [2.05, 4.69) is 18.9 Å². The van der Waals surface area contributed by atoms with E-state index in [1.807, 2.05) is 0 Å². The van der Waals surface area contributed by atoms with E-state index in [9.17, 15) is 0 Å². The maximum absolute atomic E-state index is 9.08. The van der Waals surface area contributed by atoms with E-state index in [0.29, 0.717) is 6.61 Å². The van der Waals surface area contributed by atoms with Gasteiger partial charge in [0.05, 0.1) is 6.61 Å². The van der Waals surface area contributed by atoms with Gasteiger partial charge in [0.25, 0.3) is 0 Å². The van der Waals surface area contributed by atoms with Crippen LogP contribution in [0.4, 0.5) is 0 Å². The second-order valence-corrected chi connectivity index (χ2v) is 3.53. The lowest BCUT2D eigenvalue weighted by molar-refractivity contribution is 0.0325. The second kappa shape index (κ2) is 2.89. The number of hydrogen-bond donors (Lipinski definition) is 1. The summed E-state index contributed by atoms with van der Waals surface area (Å²) >= 11 is 0. The molecule has 0 aromatic heterocycles. The SMILES string of the molecule is CN1CCCCC1(C)CO. The van der Waals surface area contributed by atoms with E-state index < -0.39 is 0 Å². The lowest BCUT2D eigenvalue weighted by Crippen LogP contribution is -2.49. The number of nitrogens with zero attached hydrogens (tertiary/aromatic N) is 1. The van der Waals surface area contributed by atoms with E-state index >= 15 is 0 Å². The molecule has 0 spiro atoms. The van der Waals surface area contributed by atoms with Gasteiger partial charge < -0.3 is 5.11 Å². The molecule has 1 aliphatic heterocycles. The molecule has 0 aromatic carbocycles. The average Bonchev–Trinajstić information content (AvgIpc) is 1.96. The Morgan fingerprint density at radius 3 is 2.60 bits per heavy atom. The molecule has 1 fully saturated rings. The smallest absolute Gasteiger partial charge is 0.0612 e. The van der Waals surface area contributed by atoms with Crippen molar-refractivity contribution in [2.24, 2.45) is 0 Å². The first-order valence-corrected chi connectivity index (χ1v) is 4.01. The molecular formula is C8H17NO. The molecule has 0 bridgehead atoms. The van der Waals surface area contributed by atoms with Crippen LogP contribution in [0, 0.1) is 0 Å². The number of likely N-dealkylation sites (N-methyl/N-ethyl adjacent to an activating group) is 1. The van der Waals surface area contributed by atoms with Crippen molar-refractivity contribution in [3.63, 3.8) is 0 Å². The zero-order chi connectivity index (χ0) is 7.61. The Bertz CT molecular complexity index is 116. The topological polar surface area (TPSA) is 23.5 Å². The standard InChI is InChI=1S/C8H17NO/c1-8(7-10)5-3-4-6-9(8)2/h10H,3-7H2,1-2H3. The minimum atomic E-state index is 0.0677. The predicted octanol–water partition coefficient (Wildman–Crippen LogP) is 0.853. The second-order valence-electron chi connectivity index (χ2n) is 3.53. The van der Waals surface area contributed by atoms with Crippen LogP contribution in [-0.4, -0.2) is 35.7 Å². The van der Waals surface area contributed by atoms with Crippen molar-refractivity contribution >= 4 is 0 Å². The number of hydrogen-bond acceptors (Lipinski definition) is 2. The molecule has 1 aliphatic rings. The van der Waals surface area contributed by atoms with Crippen molar-refractivity contribution in [1.82, 2.24) is 4.90 Å². The molecule has 1 rings (SSSR count). The van der Waals surface area contributed by atoms with Crippen molar-refractivity contribution in [1.29, 1.82) is 0 Å². The van der Waals surface area contributed by atoms with Gasteiger partial charge in [-0.05, 0) is 33.4 Å². The third-order valence-electron chi connectivity index (χ3n) is 2.72. The maximum atomic E-state index is 9.08. The van der Waals surface area contributed by atoms with E-state index in [1.165, 1.54) is 12.8 Å². The Morgan fingerprint density at radius 1 is 1.50 bits per heavy atom. The van der Waals surface area contributed by atoms with Crippen LogP contribution in [0.1, 0.15) is 26.2 Å². The van der Waals surface area contributed by atoms with Gasteiger partial charge in [0.1, 0.15) is 0 Å². The number of piperidine rings is 1. The molecular weight excluding hydrogens is 126 g/mol. The van der Waals surface area contributed by atoms with Gasteiger partial charge in [-0.15, -0.1) is 0 Å². The number of likely N-dealkylation sites (tertiary alicyclic amines) is 1. The summed E-state index contributed by atoms with van der Waals surface area (Å²) in [5, 5.41) is 9.08. The van der Waals surface area contributed by atoms with Gasteiger partial charge in [-0.3, -0.25) is 4.90 Å². The van der Waals surface area contributed by atoms with Crippen molar-refractivity contribution in [2.45, 2.75) is 31.7 Å². The lowest BCUT2D eigenvalue weighted by Gasteiger charge is -2.41. The van der Waals surface area contributed by atoms with E-state index in [0.717, 1.165) is 13.0 Å². The third kappa shape index (κ3) is 1.32. The fourth-order valence-electron chi connectivity index (χ4n) is 1.52. The Labute approximate surface area is 62.8 Å². The van der Waals surface area contributed by atoms with Gasteiger partial charge in [0, 0.05) is 5.54 Å². The Hall–Kier alpha value is -0.0800. The fourth-order valence-corrected chi connectivity index (χ4v) is 1.52. The molecule has 1 atom stereocenters. The third-order valence-corrected chi connectivity index (χ3v) is 2.72.